The van der Waals surface area contributed by atoms with E-state index in [1.54, 1.807) is 6.92 Å². The Kier molecular flexibility index (Phi) is 6.06. The molecule has 0 aliphatic rings. The highest BCUT2D eigenvalue weighted by molar-refractivity contribution is 5.81. The predicted octanol–water partition coefficient (Wildman–Crippen LogP) is 4.21. The molecule has 0 aliphatic carbocycles. The molecule has 0 spiro atoms. The van der Waals surface area contributed by atoms with Crippen LogP contribution in [0.2, 0.25) is 0 Å². The molecule has 0 saturated heterocycles. The molecule has 0 aromatic rings. The molecule has 1 unspecified atom stereocenters. The molecule has 0 rings (SSSR count). The highest BCUT2D eigenvalue weighted by Gasteiger charge is 2.27. The number of rotatable bonds is 7. The van der Waals surface area contributed by atoms with Crippen LogP contribution in [0.15, 0.2) is 0 Å². The monoisotopic (exact) mass is 198 g/mol. The average Bonchev–Trinajstić information content (AvgIpc) is 2.03. The van der Waals surface area contributed by atoms with Crippen LogP contribution in [0.4, 0.5) is 0 Å². The zero-order chi connectivity index (χ0) is 11.2. The molecule has 0 aliphatic heterocycles. The Labute approximate surface area is 89.3 Å². The maximum absolute atomic E-state index is 11.5. The predicted molar refractivity (Wildman–Crippen MR) is 62.4 cm³/mol. The van der Waals surface area contributed by atoms with Gasteiger partial charge in [-0.15, -0.1) is 0 Å². The minimum atomic E-state index is -0.0519. The number of carbonyl (C=O) groups excluding carboxylic acids is 1. The van der Waals surface area contributed by atoms with Crippen molar-refractivity contribution in [1.82, 2.24) is 0 Å². The van der Waals surface area contributed by atoms with Crippen molar-refractivity contribution < 1.29 is 4.79 Å². The number of Topliss-reactive ketones (excluding diaryl/α,β-unsaturated/α-hetero) is 1. The van der Waals surface area contributed by atoms with Crippen LogP contribution in [-0.4, -0.2) is 5.78 Å². The lowest BCUT2D eigenvalue weighted by Crippen LogP contribution is -2.25. The molecule has 0 fully saturated rings. The molecule has 0 aromatic heterocycles. The van der Waals surface area contributed by atoms with E-state index in [0.717, 1.165) is 25.2 Å². The largest absolute Gasteiger partial charge is 0.299 e. The van der Waals surface area contributed by atoms with Gasteiger partial charge < -0.3 is 0 Å². The van der Waals surface area contributed by atoms with E-state index >= 15 is 0 Å². The van der Waals surface area contributed by atoms with Crippen LogP contribution in [-0.2, 0) is 4.79 Å². The Hall–Kier alpha value is -0.330. The van der Waals surface area contributed by atoms with Crippen molar-refractivity contribution in [2.75, 3.05) is 0 Å². The Balaban J connectivity index is 4.03. The summed E-state index contributed by atoms with van der Waals surface area (Å²) in [6, 6.07) is 0. The van der Waals surface area contributed by atoms with Crippen LogP contribution in [0.3, 0.4) is 0 Å². The van der Waals surface area contributed by atoms with Gasteiger partial charge in [-0.05, 0) is 25.7 Å². The van der Waals surface area contributed by atoms with Gasteiger partial charge in [-0.25, -0.2) is 0 Å². The highest BCUT2D eigenvalue weighted by atomic mass is 16.1. The molecule has 0 saturated carbocycles. The van der Waals surface area contributed by atoms with Crippen LogP contribution in [0, 0.1) is 11.3 Å². The first-order valence-electron chi connectivity index (χ1n) is 5.93. The average molecular weight is 198 g/mol. The van der Waals surface area contributed by atoms with Crippen LogP contribution in [0.5, 0.6) is 0 Å². The Morgan fingerprint density at radius 2 is 1.86 bits per heavy atom. The molecule has 0 bridgehead atoms. The molecular weight excluding hydrogens is 172 g/mol. The Morgan fingerprint density at radius 1 is 1.29 bits per heavy atom. The third kappa shape index (κ3) is 4.78. The summed E-state index contributed by atoms with van der Waals surface area (Å²) in [5.74, 6) is 1.12. The third-order valence-electron chi connectivity index (χ3n) is 3.16. The highest BCUT2D eigenvalue weighted by Crippen LogP contribution is 2.31. The maximum atomic E-state index is 11.5. The van der Waals surface area contributed by atoms with Crippen molar-refractivity contribution in [3.8, 4) is 0 Å². The fourth-order valence-corrected chi connectivity index (χ4v) is 1.93. The van der Waals surface area contributed by atoms with Gasteiger partial charge in [0.05, 0.1) is 0 Å². The Morgan fingerprint density at radius 3 is 2.21 bits per heavy atom. The van der Waals surface area contributed by atoms with Crippen molar-refractivity contribution in [1.29, 1.82) is 0 Å². The van der Waals surface area contributed by atoms with Gasteiger partial charge >= 0.3 is 0 Å². The fraction of sp³-hybridized carbons (Fsp3) is 0.923. The van der Waals surface area contributed by atoms with Gasteiger partial charge in [0, 0.05) is 5.41 Å². The number of carbonyl (C=O) groups is 1. The van der Waals surface area contributed by atoms with Gasteiger partial charge in [-0.1, -0.05) is 47.0 Å². The van der Waals surface area contributed by atoms with Gasteiger partial charge in [-0.3, -0.25) is 4.79 Å². The van der Waals surface area contributed by atoms with Gasteiger partial charge in [0.2, 0.25) is 0 Å². The lowest BCUT2D eigenvalue weighted by molar-refractivity contribution is -0.126. The Bertz CT molecular complexity index is 172. The molecule has 0 radical (unpaired) electrons. The topological polar surface area (TPSA) is 17.1 Å². The summed E-state index contributed by atoms with van der Waals surface area (Å²) in [5, 5.41) is 0. The lowest BCUT2D eigenvalue weighted by atomic mass is 9.77. The zero-order valence-electron chi connectivity index (χ0n) is 10.5. The van der Waals surface area contributed by atoms with E-state index in [9.17, 15) is 4.79 Å². The van der Waals surface area contributed by atoms with Gasteiger partial charge in [-0.2, -0.15) is 0 Å². The summed E-state index contributed by atoms with van der Waals surface area (Å²) < 4.78 is 0. The van der Waals surface area contributed by atoms with Crippen molar-refractivity contribution in [2.24, 2.45) is 11.3 Å². The van der Waals surface area contributed by atoms with E-state index in [4.69, 9.17) is 0 Å². The quantitative estimate of drug-likeness (QED) is 0.599. The SMILES string of the molecule is CCCC(C)(CCCC(C)C)C(C)=O. The molecule has 0 heterocycles. The second-order valence-corrected chi connectivity index (χ2v) is 5.15. The summed E-state index contributed by atoms with van der Waals surface area (Å²) in [6.45, 7) is 10.5. The van der Waals surface area contributed by atoms with Gasteiger partial charge in [0.1, 0.15) is 5.78 Å². The fourth-order valence-electron chi connectivity index (χ4n) is 1.93. The van der Waals surface area contributed by atoms with E-state index in [1.165, 1.54) is 12.8 Å². The second-order valence-electron chi connectivity index (χ2n) is 5.15. The summed E-state index contributed by atoms with van der Waals surface area (Å²) in [5.41, 5.74) is -0.0519. The van der Waals surface area contributed by atoms with Crippen LogP contribution < -0.4 is 0 Å². The maximum Gasteiger partial charge on any atom is 0.135 e. The minimum absolute atomic E-state index is 0.0519. The normalized spacial score (nSPS) is 15.6. The van der Waals surface area contributed by atoms with E-state index in [0.29, 0.717) is 5.78 Å². The summed E-state index contributed by atoms with van der Waals surface area (Å²) in [7, 11) is 0. The van der Waals surface area contributed by atoms with Crippen LogP contribution in [0.1, 0.15) is 66.7 Å². The number of hydrogen-bond donors (Lipinski definition) is 0. The van der Waals surface area contributed by atoms with Crippen molar-refractivity contribution >= 4 is 5.78 Å². The summed E-state index contributed by atoms with van der Waals surface area (Å²) in [6.07, 6.45) is 5.65. The smallest absolute Gasteiger partial charge is 0.135 e. The third-order valence-corrected chi connectivity index (χ3v) is 3.16. The summed E-state index contributed by atoms with van der Waals surface area (Å²) >= 11 is 0. The number of hydrogen-bond acceptors (Lipinski definition) is 1. The minimum Gasteiger partial charge on any atom is -0.299 e. The molecule has 0 amide bonds. The van der Waals surface area contributed by atoms with E-state index in [-0.39, 0.29) is 5.41 Å². The molecule has 14 heavy (non-hydrogen) atoms. The lowest BCUT2D eigenvalue weighted by Gasteiger charge is -2.26. The summed E-state index contributed by atoms with van der Waals surface area (Å²) in [4.78, 5) is 11.5. The first-order chi connectivity index (χ1) is 6.42. The molecule has 1 nitrogen and oxygen atoms in total. The number of ketones is 1. The first kappa shape index (κ1) is 13.7. The van der Waals surface area contributed by atoms with Crippen molar-refractivity contribution in [3.05, 3.63) is 0 Å². The van der Waals surface area contributed by atoms with Gasteiger partial charge in [0.15, 0.2) is 0 Å². The first-order valence-corrected chi connectivity index (χ1v) is 5.93. The molecule has 1 atom stereocenters. The molecular formula is C13H26O. The second kappa shape index (κ2) is 6.21. The van der Waals surface area contributed by atoms with Crippen molar-refractivity contribution in [3.63, 3.8) is 0 Å². The molecule has 1 heteroatoms. The van der Waals surface area contributed by atoms with Crippen molar-refractivity contribution in [2.45, 2.75) is 66.7 Å². The van der Waals surface area contributed by atoms with Gasteiger partial charge in [0.25, 0.3) is 0 Å². The molecule has 84 valence electrons. The molecule has 0 N–H and O–H groups in total. The van der Waals surface area contributed by atoms with E-state index in [1.807, 2.05) is 0 Å². The zero-order valence-corrected chi connectivity index (χ0v) is 10.5. The van der Waals surface area contributed by atoms with Crippen LogP contribution in [0.25, 0.3) is 0 Å². The van der Waals surface area contributed by atoms with E-state index in [2.05, 4.69) is 27.7 Å². The molecule has 0 aromatic carbocycles. The van der Waals surface area contributed by atoms with E-state index < -0.39 is 0 Å². The standard InChI is InChI=1S/C13H26O/c1-6-9-13(5,12(4)14)10-7-8-11(2)3/h11H,6-10H2,1-5H3. The van der Waals surface area contributed by atoms with Crippen LogP contribution >= 0.6 is 0 Å².